The first-order valence-corrected chi connectivity index (χ1v) is 7.74. The molecular formula is C16H20N2O6. The number of amides is 1. The molecule has 0 aliphatic carbocycles. The van der Waals surface area contributed by atoms with Crippen LogP contribution >= 0.6 is 0 Å². The smallest absolute Gasteiger partial charge is 0.282 e. The predicted octanol–water partition coefficient (Wildman–Crippen LogP) is 0.952. The molecule has 8 heteroatoms. The van der Waals surface area contributed by atoms with Crippen molar-refractivity contribution in [3.05, 3.63) is 38.9 Å². The minimum Gasteiger partial charge on any atom is -0.392 e. The van der Waals surface area contributed by atoms with Crippen molar-refractivity contribution in [3.8, 4) is 0 Å². The number of Topliss-reactive ketones (excluding diaryl/α,β-unsaturated/α-hetero) is 1. The molecule has 1 atom stereocenters. The quantitative estimate of drug-likeness (QED) is 0.610. The van der Waals surface area contributed by atoms with Crippen LogP contribution in [-0.4, -0.2) is 50.9 Å². The first kappa shape index (κ1) is 18.0. The molecule has 0 bridgehead atoms. The van der Waals surface area contributed by atoms with Crippen LogP contribution in [0.5, 0.6) is 0 Å². The molecule has 130 valence electrons. The van der Waals surface area contributed by atoms with Crippen molar-refractivity contribution in [3.63, 3.8) is 0 Å². The van der Waals surface area contributed by atoms with Crippen LogP contribution in [0.15, 0.2) is 12.1 Å². The van der Waals surface area contributed by atoms with Gasteiger partial charge in [-0.2, -0.15) is 0 Å². The summed E-state index contributed by atoms with van der Waals surface area (Å²) in [5, 5.41) is 29.7. The molecular weight excluding hydrogens is 316 g/mol. The molecule has 1 heterocycles. The van der Waals surface area contributed by atoms with Gasteiger partial charge in [-0.1, -0.05) is 0 Å². The lowest BCUT2D eigenvalue weighted by molar-refractivity contribution is -0.385. The Morgan fingerprint density at radius 2 is 2.04 bits per heavy atom. The minimum atomic E-state index is -0.769. The summed E-state index contributed by atoms with van der Waals surface area (Å²) >= 11 is 0. The standard InChI is InChI=1S/C16H20N2O6/c1-10-6-14(18(23)24)12(7-11(10)8-19)16(22)17-5-3-2-4-13(17)15(21)9-20/h6-7,13,19-20H,2-5,8-9H2,1H3/t13-/m1/s1. The maximum absolute atomic E-state index is 12.8. The van der Waals surface area contributed by atoms with E-state index in [9.17, 15) is 24.8 Å². The summed E-state index contributed by atoms with van der Waals surface area (Å²) in [5.74, 6) is -1.09. The van der Waals surface area contributed by atoms with Gasteiger partial charge in [0.05, 0.1) is 17.6 Å². The molecule has 1 aromatic carbocycles. The van der Waals surface area contributed by atoms with Crippen molar-refractivity contribution in [2.45, 2.75) is 38.8 Å². The number of aliphatic hydroxyl groups excluding tert-OH is 2. The number of nitro groups is 1. The monoisotopic (exact) mass is 336 g/mol. The summed E-state index contributed by atoms with van der Waals surface area (Å²) in [7, 11) is 0. The molecule has 0 spiro atoms. The van der Waals surface area contributed by atoms with Crippen LogP contribution in [0.4, 0.5) is 5.69 Å². The van der Waals surface area contributed by atoms with Crippen LogP contribution in [0.25, 0.3) is 0 Å². The highest BCUT2D eigenvalue weighted by Gasteiger charge is 2.35. The number of hydrogen-bond acceptors (Lipinski definition) is 6. The van der Waals surface area contributed by atoms with E-state index in [0.29, 0.717) is 30.5 Å². The van der Waals surface area contributed by atoms with E-state index in [-0.39, 0.29) is 17.9 Å². The van der Waals surface area contributed by atoms with E-state index in [1.165, 1.54) is 17.0 Å². The Balaban J connectivity index is 2.47. The maximum atomic E-state index is 12.8. The number of likely N-dealkylation sites (tertiary alicyclic amines) is 1. The highest BCUT2D eigenvalue weighted by molar-refractivity contribution is 6.01. The predicted molar refractivity (Wildman–Crippen MR) is 84.5 cm³/mol. The number of aryl methyl sites for hydroxylation is 1. The van der Waals surface area contributed by atoms with Gasteiger partial charge in [-0.25, -0.2) is 0 Å². The van der Waals surface area contributed by atoms with Gasteiger partial charge in [-0.05, 0) is 43.4 Å². The molecule has 1 aromatic rings. The van der Waals surface area contributed by atoms with Gasteiger partial charge in [0.25, 0.3) is 11.6 Å². The third-order valence-corrected chi connectivity index (χ3v) is 4.34. The van der Waals surface area contributed by atoms with Crippen molar-refractivity contribution in [2.24, 2.45) is 0 Å². The van der Waals surface area contributed by atoms with Crippen LogP contribution in [0.2, 0.25) is 0 Å². The number of ketones is 1. The van der Waals surface area contributed by atoms with Crippen molar-refractivity contribution in [2.75, 3.05) is 13.2 Å². The lowest BCUT2D eigenvalue weighted by atomic mass is 9.96. The third-order valence-electron chi connectivity index (χ3n) is 4.34. The Kier molecular flexibility index (Phi) is 5.63. The van der Waals surface area contributed by atoms with Crippen LogP contribution in [0.3, 0.4) is 0 Å². The SMILES string of the molecule is Cc1cc([N+](=O)[O-])c(C(=O)N2CCCC[C@@H]2C(=O)CO)cc1CO. The fourth-order valence-corrected chi connectivity index (χ4v) is 3.00. The van der Waals surface area contributed by atoms with Gasteiger partial charge < -0.3 is 15.1 Å². The number of benzene rings is 1. The van der Waals surface area contributed by atoms with Crippen molar-refractivity contribution in [1.82, 2.24) is 4.90 Å². The first-order valence-electron chi connectivity index (χ1n) is 7.74. The van der Waals surface area contributed by atoms with E-state index in [0.717, 1.165) is 6.42 Å². The number of aliphatic hydroxyl groups is 2. The molecule has 1 fully saturated rings. The molecule has 0 saturated carbocycles. The van der Waals surface area contributed by atoms with Gasteiger partial charge in [-0.3, -0.25) is 19.7 Å². The van der Waals surface area contributed by atoms with Gasteiger partial charge in [0.15, 0.2) is 5.78 Å². The zero-order valence-electron chi connectivity index (χ0n) is 13.4. The van der Waals surface area contributed by atoms with E-state index in [2.05, 4.69) is 0 Å². The number of hydrogen-bond donors (Lipinski definition) is 2. The second kappa shape index (κ2) is 7.50. The van der Waals surface area contributed by atoms with E-state index in [1.54, 1.807) is 6.92 Å². The van der Waals surface area contributed by atoms with Gasteiger partial charge >= 0.3 is 0 Å². The molecule has 0 aromatic heterocycles. The summed E-state index contributed by atoms with van der Waals surface area (Å²) in [4.78, 5) is 36.7. The lowest BCUT2D eigenvalue weighted by Crippen LogP contribution is -2.49. The second-order valence-electron chi connectivity index (χ2n) is 5.85. The first-order chi connectivity index (χ1) is 11.4. The fraction of sp³-hybridized carbons (Fsp3) is 0.500. The largest absolute Gasteiger partial charge is 0.392 e. The van der Waals surface area contributed by atoms with Crippen molar-refractivity contribution < 1.29 is 24.7 Å². The van der Waals surface area contributed by atoms with E-state index >= 15 is 0 Å². The summed E-state index contributed by atoms with van der Waals surface area (Å²) in [6.07, 6.45) is 1.86. The highest BCUT2D eigenvalue weighted by Crippen LogP contribution is 2.28. The molecule has 0 unspecified atom stereocenters. The number of rotatable bonds is 5. The summed E-state index contributed by atoms with van der Waals surface area (Å²) in [6.45, 7) is 0.899. The average Bonchev–Trinajstić information content (AvgIpc) is 2.60. The van der Waals surface area contributed by atoms with Crippen molar-refractivity contribution >= 4 is 17.4 Å². The highest BCUT2D eigenvalue weighted by atomic mass is 16.6. The normalized spacial score (nSPS) is 17.6. The molecule has 2 rings (SSSR count). The Bertz CT molecular complexity index is 673. The lowest BCUT2D eigenvalue weighted by Gasteiger charge is -2.34. The van der Waals surface area contributed by atoms with Gasteiger partial charge in [-0.15, -0.1) is 0 Å². The topological polar surface area (TPSA) is 121 Å². The summed E-state index contributed by atoms with van der Waals surface area (Å²) < 4.78 is 0. The number of nitro benzene ring substituents is 1. The molecule has 1 saturated heterocycles. The van der Waals surface area contributed by atoms with E-state index < -0.39 is 29.3 Å². The molecule has 2 N–H and O–H groups in total. The zero-order chi connectivity index (χ0) is 17.9. The third kappa shape index (κ3) is 3.44. The molecule has 24 heavy (non-hydrogen) atoms. The zero-order valence-corrected chi connectivity index (χ0v) is 13.4. The summed E-state index contributed by atoms with van der Waals surface area (Å²) in [6, 6.07) is 1.80. The van der Waals surface area contributed by atoms with Crippen LogP contribution in [-0.2, 0) is 11.4 Å². The second-order valence-corrected chi connectivity index (χ2v) is 5.85. The van der Waals surface area contributed by atoms with Crippen molar-refractivity contribution in [1.29, 1.82) is 0 Å². The summed E-state index contributed by atoms with van der Waals surface area (Å²) in [5.41, 5.74) is 0.441. The number of carbonyl (C=O) groups excluding carboxylic acids is 2. The Hall–Kier alpha value is -2.32. The molecule has 8 nitrogen and oxygen atoms in total. The van der Waals surface area contributed by atoms with Gasteiger partial charge in [0.1, 0.15) is 12.2 Å². The van der Waals surface area contributed by atoms with Crippen LogP contribution < -0.4 is 0 Å². The van der Waals surface area contributed by atoms with E-state index in [4.69, 9.17) is 5.11 Å². The molecule has 1 aliphatic rings. The van der Waals surface area contributed by atoms with Crippen LogP contribution in [0, 0.1) is 17.0 Å². The van der Waals surface area contributed by atoms with Gasteiger partial charge in [0, 0.05) is 12.6 Å². The number of carbonyl (C=O) groups is 2. The average molecular weight is 336 g/mol. The number of nitrogens with zero attached hydrogens (tertiary/aromatic N) is 2. The maximum Gasteiger partial charge on any atom is 0.282 e. The van der Waals surface area contributed by atoms with E-state index in [1.807, 2.05) is 0 Å². The molecule has 1 aliphatic heterocycles. The van der Waals surface area contributed by atoms with Gasteiger partial charge in [0.2, 0.25) is 0 Å². The Morgan fingerprint density at radius 1 is 1.33 bits per heavy atom. The van der Waals surface area contributed by atoms with Crippen LogP contribution in [0.1, 0.15) is 40.7 Å². The minimum absolute atomic E-state index is 0.146. The molecule has 1 amide bonds. The molecule has 0 radical (unpaired) electrons. The fourth-order valence-electron chi connectivity index (χ4n) is 3.00. The Morgan fingerprint density at radius 3 is 2.62 bits per heavy atom. The Labute approximate surface area is 138 Å². The number of piperidine rings is 1.